The molecule has 1 saturated heterocycles. The number of benzene rings is 2. The Labute approximate surface area is 196 Å². The Morgan fingerprint density at radius 2 is 1.97 bits per heavy atom. The molecule has 3 aromatic rings. The fourth-order valence-corrected chi connectivity index (χ4v) is 6.00. The van der Waals surface area contributed by atoms with E-state index in [9.17, 15) is 17.6 Å². The first-order valence-corrected chi connectivity index (χ1v) is 12.9. The number of thioether (sulfide) groups is 1. The molecule has 1 aliphatic rings. The van der Waals surface area contributed by atoms with Gasteiger partial charge in [0.25, 0.3) is 0 Å². The van der Waals surface area contributed by atoms with Gasteiger partial charge in [0, 0.05) is 19.6 Å². The highest BCUT2D eigenvalue weighted by molar-refractivity contribution is 8.00. The maximum Gasteiger partial charge on any atom is 0.243 e. The standard InChI is InChI=1S/C22H25FN4O4S2/c1-3-27-20-9-8-16(33(29,30)26-10-12-31-13-11-26)14-19(20)25-22(27)32-15(2)21(28)24-18-7-5-4-6-17(18)23/h4-9,14-15H,3,10-13H2,1-2H3,(H,24,28)/t15-/m1/s1. The topological polar surface area (TPSA) is 93.5 Å². The SMILES string of the molecule is CCn1c(S[C@H](C)C(=O)Nc2ccccc2F)nc2cc(S(=O)(=O)N3CCOCC3)ccc21. The highest BCUT2D eigenvalue weighted by atomic mass is 32.2. The Bertz CT molecular complexity index is 1270. The summed E-state index contributed by atoms with van der Waals surface area (Å²) in [6.07, 6.45) is 0. The summed E-state index contributed by atoms with van der Waals surface area (Å²) < 4.78 is 48.5. The molecule has 0 radical (unpaired) electrons. The maximum absolute atomic E-state index is 13.9. The van der Waals surface area contributed by atoms with Crippen LogP contribution in [0.1, 0.15) is 13.8 Å². The molecule has 11 heteroatoms. The number of halogens is 1. The van der Waals surface area contributed by atoms with Crippen molar-refractivity contribution in [3.63, 3.8) is 0 Å². The third-order valence-corrected chi connectivity index (χ3v) is 8.38. The third-order valence-electron chi connectivity index (χ3n) is 5.39. The molecule has 1 fully saturated rings. The first-order chi connectivity index (χ1) is 15.8. The number of aromatic nitrogens is 2. The van der Waals surface area contributed by atoms with E-state index in [1.807, 2.05) is 11.5 Å². The van der Waals surface area contributed by atoms with Crippen LogP contribution in [0.2, 0.25) is 0 Å². The number of sulfonamides is 1. The molecular formula is C22H25FN4O4S2. The number of para-hydroxylation sites is 1. The third kappa shape index (κ3) is 4.91. The Morgan fingerprint density at radius 3 is 2.67 bits per heavy atom. The minimum Gasteiger partial charge on any atom is -0.379 e. The molecule has 0 aliphatic carbocycles. The van der Waals surface area contributed by atoms with Crippen LogP contribution in [0.15, 0.2) is 52.5 Å². The molecular weight excluding hydrogens is 467 g/mol. The molecule has 8 nitrogen and oxygen atoms in total. The van der Waals surface area contributed by atoms with Gasteiger partial charge in [-0.3, -0.25) is 4.79 Å². The summed E-state index contributed by atoms with van der Waals surface area (Å²) in [5, 5.41) is 2.64. The number of aryl methyl sites for hydroxylation is 1. The quantitative estimate of drug-likeness (QED) is 0.509. The van der Waals surface area contributed by atoms with E-state index in [2.05, 4.69) is 10.3 Å². The van der Waals surface area contributed by atoms with Gasteiger partial charge in [-0.15, -0.1) is 0 Å². The van der Waals surface area contributed by atoms with E-state index < -0.39 is 21.1 Å². The van der Waals surface area contributed by atoms with E-state index in [1.54, 1.807) is 37.3 Å². The van der Waals surface area contributed by atoms with Crippen molar-refractivity contribution in [3.05, 3.63) is 48.3 Å². The number of carbonyl (C=O) groups is 1. The largest absolute Gasteiger partial charge is 0.379 e. The van der Waals surface area contributed by atoms with Crippen LogP contribution in [0.3, 0.4) is 0 Å². The predicted octanol–water partition coefficient (Wildman–Crippen LogP) is 3.34. The summed E-state index contributed by atoms with van der Waals surface area (Å²) in [5.41, 5.74) is 1.44. The van der Waals surface area contributed by atoms with E-state index in [1.165, 1.54) is 28.2 Å². The van der Waals surface area contributed by atoms with Crippen molar-refractivity contribution in [3.8, 4) is 0 Å². The Balaban J connectivity index is 1.57. The molecule has 33 heavy (non-hydrogen) atoms. The predicted molar refractivity (Wildman–Crippen MR) is 125 cm³/mol. The fourth-order valence-electron chi connectivity index (χ4n) is 3.59. The van der Waals surface area contributed by atoms with Gasteiger partial charge in [-0.2, -0.15) is 4.31 Å². The van der Waals surface area contributed by atoms with E-state index in [0.717, 1.165) is 5.52 Å². The van der Waals surface area contributed by atoms with Gasteiger partial charge < -0.3 is 14.6 Å². The zero-order chi connectivity index (χ0) is 23.6. The summed E-state index contributed by atoms with van der Waals surface area (Å²) in [6.45, 7) is 5.65. The zero-order valence-corrected chi connectivity index (χ0v) is 20.0. The monoisotopic (exact) mass is 492 g/mol. The van der Waals surface area contributed by atoms with Crippen LogP contribution < -0.4 is 5.32 Å². The molecule has 1 atom stereocenters. The van der Waals surface area contributed by atoms with Crippen molar-refractivity contribution >= 4 is 44.4 Å². The highest BCUT2D eigenvalue weighted by Gasteiger charge is 2.27. The van der Waals surface area contributed by atoms with Crippen LogP contribution in [0.5, 0.6) is 0 Å². The molecule has 0 bridgehead atoms. The zero-order valence-electron chi connectivity index (χ0n) is 18.3. The molecule has 0 unspecified atom stereocenters. The first kappa shape index (κ1) is 23.7. The van der Waals surface area contributed by atoms with Crippen molar-refractivity contribution in [1.29, 1.82) is 0 Å². The van der Waals surface area contributed by atoms with E-state index in [4.69, 9.17) is 4.74 Å². The van der Waals surface area contributed by atoms with Gasteiger partial charge in [0.1, 0.15) is 5.82 Å². The minimum atomic E-state index is -3.64. The second-order valence-corrected chi connectivity index (χ2v) is 10.8. The van der Waals surface area contributed by atoms with Gasteiger partial charge in [-0.1, -0.05) is 23.9 Å². The van der Waals surface area contributed by atoms with Crippen LogP contribution in [-0.2, 0) is 26.1 Å². The van der Waals surface area contributed by atoms with E-state index in [0.29, 0.717) is 43.5 Å². The van der Waals surface area contributed by atoms with Gasteiger partial charge in [0.15, 0.2) is 5.16 Å². The summed E-state index contributed by atoms with van der Waals surface area (Å²) in [5.74, 6) is -0.853. The van der Waals surface area contributed by atoms with Gasteiger partial charge in [0.2, 0.25) is 15.9 Å². The van der Waals surface area contributed by atoms with Crippen LogP contribution in [0.4, 0.5) is 10.1 Å². The minimum absolute atomic E-state index is 0.122. The molecule has 2 heterocycles. The van der Waals surface area contributed by atoms with Crippen LogP contribution >= 0.6 is 11.8 Å². The maximum atomic E-state index is 13.9. The number of anilines is 1. The molecule has 0 spiro atoms. The van der Waals surface area contributed by atoms with E-state index >= 15 is 0 Å². The molecule has 1 aromatic heterocycles. The van der Waals surface area contributed by atoms with E-state index in [-0.39, 0.29) is 16.5 Å². The van der Waals surface area contributed by atoms with Crippen molar-refractivity contribution in [2.45, 2.75) is 35.7 Å². The van der Waals surface area contributed by atoms with Crippen LogP contribution in [-0.4, -0.2) is 59.7 Å². The Kier molecular flexibility index (Phi) is 7.03. The molecule has 1 amide bonds. The number of hydrogen-bond donors (Lipinski definition) is 1. The lowest BCUT2D eigenvalue weighted by molar-refractivity contribution is -0.115. The molecule has 2 aromatic carbocycles. The number of amides is 1. The normalized spacial score (nSPS) is 16.1. The summed E-state index contributed by atoms with van der Waals surface area (Å²) in [7, 11) is -3.64. The van der Waals surface area contributed by atoms with Gasteiger partial charge in [0.05, 0.1) is 40.1 Å². The smallest absolute Gasteiger partial charge is 0.243 e. The Morgan fingerprint density at radius 1 is 1.24 bits per heavy atom. The molecule has 1 N–H and O–H groups in total. The molecule has 0 saturated carbocycles. The van der Waals surface area contributed by atoms with Crippen molar-refractivity contribution in [2.24, 2.45) is 0 Å². The van der Waals surface area contributed by atoms with Crippen molar-refractivity contribution < 1.29 is 22.3 Å². The summed E-state index contributed by atoms with van der Waals surface area (Å²) in [4.78, 5) is 17.4. The number of hydrogen-bond acceptors (Lipinski definition) is 6. The van der Waals surface area contributed by atoms with Crippen molar-refractivity contribution in [2.75, 3.05) is 31.6 Å². The number of ether oxygens (including phenoxy) is 1. The highest BCUT2D eigenvalue weighted by Crippen LogP contribution is 2.30. The molecule has 4 rings (SSSR count). The average Bonchev–Trinajstić information content (AvgIpc) is 3.17. The van der Waals surface area contributed by atoms with Gasteiger partial charge in [-0.25, -0.2) is 17.8 Å². The number of nitrogens with zero attached hydrogens (tertiary/aromatic N) is 3. The lowest BCUT2D eigenvalue weighted by Gasteiger charge is -2.26. The number of fused-ring (bicyclic) bond motifs is 1. The van der Waals surface area contributed by atoms with Gasteiger partial charge in [-0.05, 0) is 44.2 Å². The summed E-state index contributed by atoms with van der Waals surface area (Å²) >= 11 is 1.24. The number of imidazole rings is 1. The fraction of sp³-hybridized carbons (Fsp3) is 0.364. The second kappa shape index (κ2) is 9.80. The first-order valence-electron chi connectivity index (χ1n) is 10.6. The number of morpholine rings is 1. The Hall–Kier alpha value is -2.47. The van der Waals surface area contributed by atoms with Crippen molar-refractivity contribution in [1.82, 2.24) is 13.9 Å². The second-order valence-electron chi connectivity index (χ2n) is 7.53. The molecule has 1 aliphatic heterocycles. The molecule has 176 valence electrons. The average molecular weight is 493 g/mol. The van der Waals surface area contributed by atoms with Gasteiger partial charge >= 0.3 is 0 Å². The number of carbonyl (C=O) groups excluding carboxylic acids is 1. The van der Waals surface area contributed by atoms with Crippen LogP contribution in [0, 0.1) is 5.82 Å². The summed E-state index contributed by atoms with van der Waals surface area (Å²) in [6, 6.07) is 10.9. The number of nitrogens with one attached hydrogen (secondary N) is 1. The number of rotatable bonds is 7. The lowest BCUT2D eigenvalue weighted by atomic mass is 10.3. The van der Waals surface area contributed by atoms with Crippen LogP contribution in [0.25, 0.3) is 11.0 Å². The lowest BCUT2D eigenvalue weighted by Crippen LogP contribution is -2.40.